The topological polar surface area (TPSA) is 36.4 Å². The molecule has 3 nitrogen and oxygen atoms in total. The van der Waals surface area contributed by atoms with Gasteiger partial charge in [-0.2, -0.15) is 11.3 Å². The van der Waals surface area contributed by atoms with E-state index in [0.29, 0.717) is 5.92 Å². The minimum atomic E-state index is 0.514. The molecule has 2 N–H and O–H groups in total. The number of rotatable bonds is 7. The van der Waals surface area contributed by atoms with Crippen molar-refractivity contribution in [2.24, 2.45) is 10.9 Å². The van der Waals surface area contributed by atoms with Gasteiger partial charge in [0.1, 0.15) is 0 Å². The van der Waals surface area contributed by atoms with E-state index in [9.17, 15) is 0 Å². The zero-order chi connectivity index (χ0) is 14.1. The summed E-state index contributed by atoms with van der Waals surface area (Å²) in [5.41, 5.74) is 1.40. The monoisotopic (exact) mass is 281 g/mol. The van der Waals surface area contributed by atoms with Crippen LogP contribution >= 0.6 is 11.3 Å². The van der Waals surface area contributed by atoms with Crippen LogP contribution < -0.4 is 10.6 Å². The third-order valence-corrected chi connectivity index (χ3v) is 3.86. The lowest BCUT2D eigenvalue weighted by Crippen LogP contribution is -2.39. The van der Waals surface area contributed by atoms with Crippen LogP contribution in [0.1, 0.15) is 45.1 Å². The van der Waals surface area contributed by atoms with Crippen molar-refractivity contribution in [1.29, 1.82) is 0 Å². The first-order valence-corrected chi connectivity index (χ1v) is 8.04. The molecule has 1 heterocycles. The van der Waals surface area contributed by atoms with Crippen molar-refractivity contribution in [3.8, 4) is 0 Å². The van der Waals surface area contributed by atoms with Gasteiger partial charge in [-0.05, 0) is 47.1 Å². The Bertz CT molecular complexity index is 357. The molecular formula is C15H27N3S. The Hall–Kier alpha value is -1.03. The molecule has 0 aliphatic rings. The Balaban J connectivity index is 2.22. The minimum absolute atomic E-state index is 0.514. The van der Waals surface area contributed by atoms with Gasteiger partial charge in [-0.3, -0.25) is 4.99 Å². The van der Waals surface area contributed by atoms with Crippen molar-refractivity contribution in [1.82, 2.24) is 10.6 Å². The van der Waals surface area contributed by atoms with Crippen LogP contribution in [0.25, 0.3) is 0 Å². The first-order valence-electron chi connectivity index (χ1n) is 7.10. The molecule has 0 aromatic carbocycles. The average molecular weight is 281 g/mol. The van der Waals surface area contributed by atoms with Crippen molar-refractivity contribution in [3.63, 3.8) is 0 Å². The SMILES string of the molecule is CN=C(NCCCC(C)C)NCC(C)c1ccsc1. The fraction of sp³-hybridized carbons (Fsp3) is 0.667. The molecular weight excluding hydrogens is 254 g/mol. The largest absolute Gasteiger partial charge is 0.356 e. The fourth-order valence-corrected chi connectivity index (χ4v) is 2.64. The summed E-state index contributed by atoms with van der Waals surface area (Å²) in [6.07, 6.45) is 2.45. The lowest BCUT2D eigenvalue weighted by Gasteiger charge is -2.15. The highest BCUT2D eigenvalue weighted by atomic mass is 32.1. The van der Waals surface area contributed by atoms with Crippen molar-refractivity contribution in [2.75, 3.05) is 20.1 Å². The van der Waals surface area contributed by atoms with E-state index >= 15 is 0 Å². The summed E-state index contributed by atoms with van der Waals surface area (Å²) >= 11 is 1.75. The summed E-state index contributed by atoms with van der Waals surface area (Å²) in [5.74, 6) is 2.20. The zero-order valence-electron chi connectivity index (χ0n) is 12.6. The van der Waals surface area contributed by atoms with E-state index in [2.05, 4.69) is 53.2 Å². The number of guanidine groups is 1. The van der Waals surface area contributed by atoms with Gasteiger partial charge < -0.3 is 10.6 Å². The molecule has 0 bridgehead atoms. The van der Waals surface area contributed by atoms with Crippen molar-refractivity contribution in [2.45, 2.75) is 39.5 Å². The van der Waals surface area contributed by atoms with Crippen molar-refractivity contribution < 1.29 is 0 Å². The van der Waals surface area contributed by atoms with Gasteiger partial charge in [0, 0.05) is 20.1 Å². The smallest absolute Gasteiger partial charge is 0.190 e. The van der Waals surface area contributed by atoms with Gasteiger partial charge in [-0.15, -0.1) is 0 Å². The molecule has 4 heteroatoms. The second-order valence-corrected chi connectivity index (χ2v) is 6.15. The molecule has 108 valence electrons. The Labute approximate surface area is 121 Å². The fourth-order valence-electron chi connectivity index (χ4n) is 1.86. The lowest BCUT2D eigenvalue weighted by atomic mass is 10.1. The normalized spacial score (nSPS) is 13.6. The Morgan fingerprint density at radius 2 is 2.11 bits per heavy atom. The number of aliphatic imine (C=N–C) groups is 1. The van der Waals surface area contributed by atoms with Crippen molar-refractivity contribution >= 4 is 17.3 Å². The molecule has 1 unspecified atom stereocenters. The highest BCUT2D eigenvalue weighted by Crippen LogP contribution is 2.16. The van der Waals surface area contributed by atoms with Gasteiger partial charge in [-0.25, -0.2) is 0 Å². The molecule has 0 fully saturated rings. The molecule has 0 aliphatic carbocycles. The molecule has 0 saturated carbocycles. The third kappa shape index (κ3) is 6.62. The van der Waals surface area contributed by atoms with Crippen LogP contribution in [0.2, 0.25) is 0 Å². The molecule has 0 amide bonds. The van der Waals surface area contributed by atoms with E-state index in [4.69, 9.17) is 0 Å². The molecule has 1 aromatic rings. The van der Waals surface area contributed by atoms with Gasteiger partial charge in [0.15, 0.2) is 5.96 Å². The summed E-state index contributed by atoms with van der Waals surface area (Å²) in [5, 5.41) is 11.1. The molecule has 0 aliphatic heterocycles. The second-order valence-electron chi connectivity index (χ2n) is 5.37. The molecule has 1 atom stereocenters. The van der Waals surface area contributed by atoms with Gasteiger partial charge in [-0.1, -0.05) is 20.8 Å². The average Bonchev–Trinajstić information content (AvgIpc) is 2.91. The predicted molar refractivity (Wildman–Crippen MR) is 86.2 cm³/mol. The van der Waals surface area contributed by atoms with E-state index in [1.165, 1.54) is 18.4 Å². The van der Waals surface area contributed by atoms with Gasteiger partial charge >= 0.3 is 0 Å². The molecule has 0 radical (unpaired) electrons. The van der Waals surface area contributed by atoms with Gasteiger partial charge in [0.05, 0.1) is 0 Å². The maximum Gasteiger partial charge on any atom is 0.190 e. The van der Waals surface area contributed by atoms with Crippen LogP contribution in [0.15, 0.2) is 21.8 Å². The van der Waals surface area contributed by atoms with E-state index in [0.717, 1.165) is 25.0 Å². The molecule has 1 rings (SSSR count). The molecule has 0 saturated heterocycles. The van der Waals surface area contributed by atoms with Crippen LogP contribution in [0.3, 0.4) is 0 Å². The first kappa shape index (κ1) is 16.0. The van der Waals surface area contributed by atoms with Gasteiger partial charge in [0.2, 0.25) is 0 Å². The molecule has 19 heavy (non-hydrogen) atoms. The van der Waals surface area contributed by atoms with Crippen LogP contribution in [0.5, 0.6) is 0 Å². The first-order chi connectivity index (χ1) is 9.13. The second kappa shape index (κ2) is 8.97. The number of hydrogen-bond acceptors (Lipinski definition) is 2. The number of nitrogens with one attached hydrogen (secondary N) is 2. The quantitative estimate of drug-likeness (QED) is 0.456. The van der Waals surface area contributed by atoms with Crippen LogP contribution in [0, 0.1) is 5.92 Å². The summed E-state index contributed by atoms with van der Waals surface area (Å²) in [6.45, 7) is 8.66. The summed E-state index contributed by atoms with van der Waals surface area (Å²) < 4.78 is 0. The number of nitrogens with zero attached hydrogens (tertiary/aromatic N) is 1. The zero-order valence-corrected chi connectivity index (χ0v) is 13.4. The number of thiophene rings is 1. The Kier molecular flexibility index (Phi) is 7.56. The minimum Gasteiger partial charge on any atom is -0.356 e. The van der Waals surface area contributed by atoms with E-state index < -0.39 is 0 Å². The van der Waals surface area contributed by atoms with E-state index in [1.54, 1.807) is 11.3 Å². The van der Waals surface area contributed by atoms with Crippen LogP contribution in [-0.4, -0.2) is 26.1 Å². The summed E-state index contributed by atoms with van der Waals surface area (Å²) in [7, 11) is 1.83. The van der Waals surface area contributed by atoms with Crippen LogP contribution in [-0.2, 0) is 0 Å². The maximum absolute atomic E-state index is 4.26. The maximum atomic E-state index is 4.26. The van der Waals surface area contributed by atoms with Crippen LogP contribution in [0.4, 0.5) is 0 Å². The third-order valence-electron chi connectivity index (χ3n) is 3.16. The summed E-state index contributed by atoms with van der Waals surface area (Å²) in [4.78, 5) is 4.26. The Morgan fingerprint density at radius 1 is 1.32 bits per heavy atom. The van der Waals surface area contributed by atoms with E-state index in [1.807, 2.05) is 7.05 Å². The van der Waals surface area contributed by atoms with Crippen molar-refractivity contribution in [3.05, 3.63) is 22.4 Å². The highest BCUT2D eigenvalue weighted by Gasteiger charge is 2.06. The highest BCUT2D eigenvalue weighted by molar-refractivity contribution is 7.07. The van der Waals surface area contributed by atoms with Gasteiger partial charge in [0.25, 0.3) is 0 Å². The molecule has 0 spiro atoms. The predicted octanol–water partition coefficient (Wildman–Crippen LogP) is 3.45. The lowest BCUT2D eigenvalue weighted by molar-refractivity contribution is 0.548. The number of hydrogen-bond donors (Lipinski definition) is 2. The summed E-state index contributed by atoms with van der Waals surface area (Å²) in [6, 6.07) is 2.19. The molecule has 1 aromatic heterocycles. The van der Waals surface area contributed by atoms with E-state index in [-0.39, 0.29) is 0 Å². The Morgan fingerprint density at radius 3 is 2.68 bits per heavy atom. The standard InChI is InChI=1S/C15H27N3S/c1-12(2)6-5-8-17-15(16-4)18-10-13(3)14-7-9-19-11-14/h7,9,11-13H,5-6,8,10H2,1-4H3,(H2,16,17,18).